The third kappa shape index (κ3) is 3.97. The zero-order valence-electron chi connectivity index (χ0n) is 18.0. The average molecular weight is 427 g/mol. The molecule has 5 heteroatoms. The van der Waals surface area contributed by atoms with Gasteiger partial charge < -0.3 is 14.7 Å². The highest BCUT2D eigenvalue weighted by Gasteiger charge is 2.16. The van der Waals surface area contributed by atoms with Crippen molar-refractivity contribution in [1.29, 1.82) is 5.26 Å². The Labute approximate surface area is 187 Å². The number of hydrogen-bond donors (Lipinski definition) is 0. The quantitative estimate of drug-likeness (QED) is 0.586. The minimum Gasteiger partial charge on any atom is -0.375 e. The lowest BCUT2D eigenvalue weighted by Gasteiger charge is -2.34. The minimum absolute atomic E-state index is 0.668. The van der Waals surface area contributed by atoms with Crippen molar-refractivity contribution in [2.24, 2.45) is 0 Å². The second-order valence-electron chi connectivity index (χ2n) is 8.44. The van der Waals surface area contributed by atoms with E-state index in [0.717, 1.165) is 42.2 Å². The van der Waals surface area contributed by atoms with Crippen LogP contribution < -0.4 is 4.90 Å². The van der Waals surface area contributed by atoms with Crippen LogP contribution >= 0.6 is 11.3 Å². The van der Waals surface area contributed by atoms with Gasteiger partial charge >= 0.3 is 0 Å². The molecule has 0 atom stereocenters. The van der Waals surface area contributed by atoms with Crippen LogP contribution in [0.1, 0.15) is 4.88 Å². The van der Waals surface area contributed by atoms with Gasteiger partial charge in [-0.3, -0.25) is 0 Å². The minimum atomic E-state index is 0.668. The molecule has 0 amide bonds. The molecule has 4 nitrogen and oxygen atoms in total. The largest absolute Gasteiger partial charge is 0.375 e. The van der Waals surface area contributed by atoms with Gasteiger partial charge in [-0.1, -0.05) is 18.2 Å². The predicted molar refractivity (Wildman–Crippen MR) is 131 cm³/mol. The molecule has 0 unspecified atom stereocenters. The van der Waals surface area contributed by atoms with Crippen molar-refractivity contribution in [3.63, 3.8) is 0 Å². The number of hydrogen-bond acceptors (Lipinski definition) is 5. The van der Waals surface area contributed by atoms with Crippen LogP contribution in [0.15, 0.2) is 66.4 Å². The van der Waals surface area contributed by atoms with E-state index in [-0.39, 0.29) is 0 Å². The van der Waals surface area contributed by atoms with E-state index in [1.807, 2.05) is 18.1 Å². The smallest absolute Gasteiger partial charge is 0.0972 e. The molecule has 0 N–H and O–H groups in total. The normalized spacial score (nSPS) is 17.5. The first-order valence-corrected chi connectivity index (χ1v) is 11.5. The lowest BCUT2D eigenvalue weighted by molar-refractivity contribution is 0.313. The van der Waals surface area contributed by atoms with Crippen molar-refractivity contribution in [3.05, 3.63) is 71.3 Å². The average Bonchev–Trinajstić information content (AvgIpc) is 3.29. The van der Waals surface area contributed by atoms with E-state index in [9.17, 15) is 5.26 Å². The van der Waals surface area contributed by atoms with Crippen LogP contribution in [0.3, 0.4) is 0 Å². The van der Waals surface area contributed by atoms with Crippen molar-refractivity contribution in [1.82, 2.24) is 9.80 Å². The number of benzene rings is 2. The number of allylic oxidation sites excluding steroid dienone is 2. The predicted octanol–water partition coefficient (Wildman–Crippen LogP) is 5.06. The molecular formula is C26H26N4S. The maximum atomic E-state index is 9.54. The molecule has 0 saturated carbocycles. The van der Waals surface area contributed by atoms with E-state index in [1.165, 1.54) is 26.9 Å². The molecule has 0 spiro atoms. The van der Waals surface area contributed by atoms with Crippen LogP contribution in [0.4, 0.5) is 5.69 Å². The van der Waals surface area contributed by atoms with E-state index in [0.29, 0.717) is 6.54 Å². The molecule has 31 heavy (non-hydrogen) atoms. The Hall–Kier alpha value is -3.07. The Morgan fingerprint density at radius 3 is 2.42 bits per heavy atom. The Balaban J connectivity index is 1.42. The number of nitriles is 1. The van der Waals surface area contributed by atoms with Crippen molar-refractivity contribution in [3.8, 4) is 16.5 Å². The maximum absolute atomic E-state index is 9.54. The number of rotatable bonds is 3. The van der Waals surface area contributed by atoms with Crippen LogP contribution in [0, 0.1) is 11.3 Å². The van der Waals surface area contributed by atoms with Gasteiger partial charge in [0.05, 0.1) is 18.2 Å². The van der Waals surface area contributed by atoms with Gasteiger partial charge in [0.15, 0.2) is 0 Å². The van der Waals surface area contributed by atoms with Crippen molar-refractivity contribution < 1.29 is 0 Å². The van der Waals surface area contributed by atoms with Gasteiger partial charge in [-0.05, 0) is 66.0 Å². The molecule has 0 radical (unpaired) electrons. The van der Waals surface area contributed by atoms with E-state index in [1.54, 1.807) is 11.3 Å². The molecule has 3 aromatic rings. The lowest BCUT2D eigenvalue weighted by Crippen LogP contribution is -2.44. The Morgan fingerprint density at radius 2 is 1.61 bits per heavy atom. The first-order chi connectivity index (χ1) is 15.1. The number of nitrogens with zero attached hydrogens (tertiary/aromatic N) is 4. The molecule has 1 saturated heterocycles. The van der Waals surface area contributed by atoms with Crippen molar-refractivity contribution >= 4 is 33.4 Å². The third-order valence-electron chi connectivity index (χ3n) is 6.21. The summed E-state index contributed by atoms with van der Waals surface area (Å²) in [5.74, 6) is 0. The second kappa shape index (κ2) is 8.22. The van der Waals surface area contributed by atoms with Gasteiger partial charge in [-0.15, -0.1) is 11.3 Å². The van der Waals surface area contributed by atoms with E-state index in [2.05, 4.69) is 77.5 Å². The van der Waals surface area contributed by atoms with Crippen LogP contribution in [0.2, 0.25) is 0 Å². The molecule has 1 fully saturated rings. The van der Waals surface area contributed by atoms with Gasteiger partial charge in [-0.2, -0.15) is 5.26 Å². The molecule has 2 aliphatic rings. The molecule has 5 rings (SSSR count). The number of anilines is 1. The molecule has 0 bridgehead atoms. The lowest BCUT2D eigenvalue weighted by atomic mass is 10.0. The molecule has 2 aliphatic heterocycles. The van der Waals surface area contributed by atoms with Crippen LogP contribution in [0.5, 0.6) is 0 Å². The molecule has 3 heterocycles. The summed E-state index contributed by atoms with van der Waals surface area (Å²) < 4.78 is 0. The Morgan fingerprint density at radius 1 is 0.871 bits per heavy atom. The molecule has 2 aromatic carbocycles. The monoisotopic (exact) mass is 426 g/mol. The number of thiophene rings is 1. The zero-order chi connectivity index (χ0) is 21.4. The summed E-state index contributed by atoms with van der Waals surface area (Å²) in [4.78, 5) is 9.29. The highest BCUT2D eigenvalue weighted by Crippen LogP contribution is 2.36. The summed E-state index contributed by atoms with van der Waals surface area (Å²) in [5.41, 5.74) is 4.42. The molecule has 156 valence electrons. The topological polar surface area (TPSA) is 33.5 Å². The molecule has 0 aliphatic carbocycles. The van der Waals surface area contributed by atoms with E-state index < -0.39 is 0 Å². The highest BCUT2D eigenvalue weighted by atomic mass is 32.1. The number of piperazine rings is 1. The standard InChI is InChI=1S/C26H26N4S/c1-28-11-13-30(14-12-28)23-6-5-19-15-21(4-3-20(19)16-23)25-7-8-26(31-25)24-9-10-29(2)18-22(24)17-27/h3-10,15-16H,11-14,18H2,1-2H3. The molecular weight excluding hydrogens is 400 g/mol. The van der Waals surface area contributed by atoms with E-state index in [4.69, 9.17) is 0 Å². The van der Waals surface area contributed by atoms with Crippen molar-refractivity contribution in [2.75, 3.05) is 51.7 Å². The summed E-state index contributed by atoms with van der Waals surface area (Å²) in [6.45, 7) is 5.08. The number of fused-ring (bicyclic) bond motifs is 1. The third-order valence-corrected chi connectivity index (χ3v) is 7.38. The first-order valence-electron chi connectivity index (χ1n) is 10.7. The Kier molecular flexibility index (Phi) is 5.27. The number of likely N-dealkylation sites (N-methyl/N-ethyl adjacent to an activating group) is 2. The molecule has 1 aromatic heterocycles. The zero-order valence-corrected chi connectivity index (χ0v) is 18.8. The van der Waals surface area contributed by atoms with Gasteiger partial charge in [0.25, 0.3) is 0 Å². The summed E-state index contributed by atoms with van der Waals surface area (Å²) in [7, 11) is 4.19. The summed E-state index contributed by atoms with van der Waals surface area (Å²) in [6.07, 6.45) is 4.10. The fourth-order valence-electron chi connectivity index (χ4n) is 4.30. The second-order valence-corrected chi connectivity index (χ2v) is 9.52. The summed E-state index contributed by atoms with van der Waals surface area (Å²) in [5, 5.41) is 12.1. The highest BCUT2D eigenvalue weighted by molar-refractivity contribution is 7.16. The fraction of sp³-hybridized carbons (Fsp3) is 0.269. The fourth-order valence-corrected chi connectivity index (χ4v) is 5.36. The summed E-state index contributed by atoms with van der Waals surface area (Å²) in [6, 6.07) is 20.2. The van der Waals surface area contributed by atoms with E-state index >= 15 is 0 Å². The van der Waals surface area contributed by atoms with Crippen LogP contribution in [-0.4, -0.2) is 56.6 Å². The van der Waals surface area contributed by atoms with Crippen LogP contribution in [-0.2, 0) is 0 Å². The van der Waals surface area contributed by atoms with Gasteiger partial charge in [0.1, 0.15) is 0 Å². The van der Waals surface area contributed by atoms with Crippen molar-refractivity contribution in [2.45, 2.75) is 0 Å². The van der Waals surface area contributed by atoms with Gasteiger partial charge in [0, 0.05) is 54.2 Å². The maximum Gasteiger partial charge on any atom is 0.0972 e. The summed E-state index contributed by atoms with van der Waals surface area (Å²) >= 11 is 1.76. The van der Waals surface area contributed by atoms with Gasteiger partial charge in [-0.25, -0.2) is 0 Å². The first kappa shape index (κ1) is 19.9. The Bertz CT molecular complexity index is 1220. The van der Waals surface area contributed by atoms with Crippen LogP contribution in [0.25, 0.3) is 26.8 Å². The van der Waals surface area contributed by atoms with Gasteiger partial charge in [0.2, 0.25) is 0 Å². The SMILES string of the molecule is CN1C=CC(c2ccc(-c3ccc4cc(N5CCN(C)CC5)ccc4c3)s2)=C(C#N)C1.